The van der Waals surface area contributed by atoms with E-state index < -0.39 is 0 Å². The lowest BCUT2D eigenvalue weighted by Gasteiger charge is -2.46. The van der Waals surface area contributed by atoms with Crippen molar-refractivity contribution in [1.82, 2.24) is 0 Å². The molecule has 0 spiro atoms. The molecule has 0 heteroatoms. The van der Waals surface area contributed by atoms with E-state index >= 15 is 0 Å². The van der Waals surface area contributed by atoms with Crippen LogP contribution in [0.4, 0.5) is 0 Å². The molecule has 0 nitrogen and oxygen atoms in total. The first kappa shape index (κ1) is 11.5. The summed E-state index contributed by atoms with van der Waals surface area (Å²) in [5.41, 5.74) is 1.02. The lowest BCUT2D eigenvalue weighted by atomic mass is 9.59. The third-order valence-corrected chi connectivity index (χ3v) is 4.92. The van der Waals surface area contributed by atoms with Crippen LogP contribution in [0.25, 0.3) is 0 Å². The van der Waals surface area contributed by atoms with Crippen LogP contribution >= 0.6 is 0 Å². The molecule has 88 valence electrons. The van der Waals surface area contributed by atoms with E-state index in [0.29, 0.717) is 10.8 Å². The molecule has 0 radical (unpaired) electrons. The Kier molecular flexibility index (Phi) is 2.48. The maximum atomic E-state index is 2.46. The Balaban J connectivity index is 2.28. The first-order chi connectivity index (χ1) is 6.71. The molecule has 2 fully saturated rings. The van der Waals surface area contributed by atoms with E-state index in [0.717, 1.165) is 23.7 Å². The summed E-state index contributed by atoms with van der Waals surface area (Å²) >= 11 is 0. The maximum absolute atomic E-state index is 2.46. The molecule has 0 N–H and O–H groups in total. The summed E-state index contributed by atoms with van der Waals surface area (Å²) in [6.07, 6.45) is 4.56. The van der Waals surface area contributed by atoms with Gasteiger partial charge in [0, 0.05) is 0 Å². The van der Waals surface area contributed by atoms with Gasteiger partial charge in [-0.05, 0) is 53.8 Å². The van der Waals surface area contributed by atoms with Crippen LogP contribution in [-0.4, -0.2) is 0 Å². The topological polar surface area (TPSA) is 0 Å². The van der Waals surface area contributed by atoms with Crippen molar-refractivity contribution in [2.24, 2.45) is 34.5 Å². The predicted molar refractivity (Wildman–Crippen MR) is 66.7 cm³/mol. The molecule has 15 heavy (non-hydrogen) atoms. The largest absolute Gasteiger partial charge is 0.0599 e. The van der Waals surface area contributed by atoms with Gasteiger partial charge in [-0.2, -0.15) is 0 Å². The van der Waals surface area contributed by atoms with Gasteiger partial charge in [0.15, 0.2) is 0 Å². The Morgan fingerprint density at radius 1 is 0.667 bits per heavy atom. The summed E-state index contributed by atoms with van der Waals surface area (Å²) in [6.45, 7) is 14.7. The van der Waals surface area contributed by atoms with Gasteiger partial charge in [0.25, 0.3) is 0 Å². The van der Waals surface area contributed by atoms with Gasteiger partial charge in [0.1, 0.15) is 0 Å². The van der Waals surface area contributed by atoms with Crippen LogP contribution in [0.2, 0.25) is 0 Å². The third-order valence-electron chi connectivity index (χ3n) is 4.92. The first-order valence-corrected chi connectivity index (χ1v) is 6.71. The van der Waals surface area contributed by atoms with Crippen molar-refractivity contribution < 1.29 is 0 Å². The summed E-state index contributed by atoms with van der Waals surface area (Å²) in [6, 6.07) is 0. The fraction of sp³-hybridized carbons (Fsp3) is 1.00. The zero-order valence-electron chi connectivity index (χ0n) is 11.4. The monoisotopic (exact) mass is 208 g/mol. The van der Waals surface area contributed by atoms with Gasteiger partial charge in [-0.15, -0.1) is 0 Å². The van der Waals surface area contributed by atoms with Gasteiger partial charge in [0.05, 0.1) is 0 Å². The third kappa shape index (κ3) is 1.85. The Morgan fingerprint density at radius 2 is 1.00 bits per heavy atom. The SMILES string of the molecule is CC(C)(C)[C@H]1[C@@H]2CC[C@@H](C2)[C@@H]1C(C)(C)C. The van der Waals surface area contributed by atoms with Crippen LogP contribution in [-0.2, 0) is 0 Å². The van der Waals surface area contributed by atoms with Crippen molar-refractivity contribution in [3.8, 4) is 0 Å². The summed E-state index contributed by atoms with van der Waals surface area (Å²) in [7, 11) is 0. The average molecular weight is 208 g/mol. The normalized spacial score (nSPS) is 41.2. The van der Waals surface area contributed by atoms with E-state index in [1.807, 2.05) is 0 Å². The summed E-state index contributed by atoms with van der Waals surface area (Å²) in [5.74, 6) is 4.02. The lowest BCUT2D eigenvalue weighted by molar-refractivity contribution is 0.0245. The highest BCUT2D eigenvalue weighted by atomic mass is 14.6. The maximum Gasteiger partial charge on any atom is -0.0301 e. The molecule has 2 bridgehead atoms. The minimum absolute atomic E-state index is 0.512. The Bertz CT molecular complexity index is 212. The summed E-state index contributed by atoms with van der Waals surface area (Å²) < 4.78 is 0. The molecular weight excluding hydrogens is 180 g/mol. The van der Waals surface area contributed by atoms with Crippen molar-refractivity contribution >= 4 is 0 Å². The van der Waals surface area contributed by atoms with Crippen LogP contribution in [0.1, 0.15) is 60.8 Å². The van der Waals surface area contributed by atoms with Crippen molar-refractivity contribution in [2.75, 3.05) is 0 Å². The van der Waals surface area contributed by atoms with Gasteiger partial charge in [0.2, 0.25) is 0 Å². The number of hydrogen-bond acceptors (Lipinski definition) is 0. The van der Waals surface area contributed by atoms with Crippen LogP contribution in [0.15, 0.2) is 0 Å². The van der Waals surface area contributed by atoms with Gasteiger partial charge in [-0.1, -0.05) is 41.5 Å². The fourth-order valence-electron chi connectivity index (χ4n) is 4.78. The van der Waals surface area contributed by atoms with E-state index in [-0.39, 0.29) is 0 Å². The van der Waals surface area contributed by atoms with Gasteiger partial charge >= 0.3 is 0 Å². The highest BCUT2D eigenvalue weighted by Gasteiger charge is 2.54. The zero-order valence-corrected chi connectivity index (χ0v) is 11.4. The molecular formula is C15H28. The summed E-state index contributed by atoms with van der Waals surface area (Å²) in [5, 5.41) is 0. The van der Waals surface area contributed by atoms with Gasteiger partial charge < -0.3 is 0 Å². The molecule has 2 rings (SSSR count). The second kappa shape index (κ2) is 3.25. The van der Waals surface area contributed by atoms with Crippen LogP contribution in [0, 0.1) is 34.5 Å². The van der Waals surface area contributed by atoms with Gasteiger partial charge in [-0.25, -0.2) is 0 Å². The fourth-order valence-corrected chi connectivity index (χ4v) is 4.78. The van der Waals surface area contributed by atoms with Gasteiger partial charge in [-0.3, -0.25) is 0 Å². The molecule has 2 saturated carbocycles. The molecule has 0 aromatic carbocycles. The number of fused-ring (bicyclic) bond motifs is 2. The van der Waals surface area contributed by atoms with Crippen molar-refractivity contribution in [2.45, 2.75) is 60.8 Å². The van der Waals surface area contributed by atoms with E-state index in [2.05, 4.69) is 41.5 Å². The van der Waals surface area contributed by atoms with Crippen molar-refractivity contribution in [3.63, 3.8) is 0 Å². The first-order valence-electron chi connectivity index (χ1n) is 6.71. The lowest BCUT2D eigenvalue weighted by Crippen LogP contribution is -2.39. The molecule has 0 unspecified atom stereocenters. The Morgan fingerprint density at radius 3 is 1.27 bits per heavy atom. The molecule has 0 heterocycles. The summed E-state index contributed by atoms with van der Waals surface area (Å²) in [4.78, 5) is 0. The second-order valence-corrected chi connectivity index (χ2v) is 8.12. The van der Waals surface area contributed by atoms with Crippen molar-refractivity contribution in [1.29, 1.82) is 0 Å². The highest BCUT2D eigenvalue weighted by Crippen LogP contribution is 2.62. The van der Waals surface area contributed by atoms with Crippen LogP contribution in [0.5, 0.6) is 0 Å². The smallest absolute Gasteiger partial charge is 0.0301 e. The molecule has 0 aliphatic heterocycles. The predicted octanol–water partition coefficient (Wildman–Crippen LogP) is 4.74. The van der Waals surface area contributed by atoms with Crippen molar-refractivity contribution in [3.05, 3.63) is 0 Å². The molecule has 2 aliphatic carbocycles. The number of hydrogen-bond donors (Lipinski definition) is 0. The molecule has 0 amide bonds. The second-order valence-electron chi connectivity index (χ2n) is 8.12. The number of rotatable bonds is 0. The Labute approximate surface area is 95.8 Å². The van der Waals surface area contributed by atoms with E-state index in [1.54, 1.807) is 0 Å². The zero-order chi connectivity index (χ0) is 11.4. The molecule has 0 saturated heterocycles. The van der Waals surface area contributed by atoms with E-state index in [4.69, 9.17) is 0 Å². The highest BCUT2D eigenvalue weighted by molar-refractivity contribution is 5.03. The Hall–Kier alpha value is 0. The standard InChI is InChI=1S/C15H28/c1-14(2,3)12-10-7-8-11(9-10)13(12)15(4,5)6/h10-13H,7-9H2,1-6H3/t10-,11+,12-,13-/m0/s1. The van der Waals surface area contributed by atoms with Crippen LogP contribution in [0.3, 0.4) is 0 Å². The molecule has 0 aromatic heterocycles. The average Bonchev–Trinajstić information content (AvgIpc) is 2.56. The quantitative estimate of drug-likeness (QED) is 0.539. The molecule has 2 aliphatic rings. The van der Waals surface area contributed by atoms with E-state index in [9.17, 15) is 0 Å². The van der Waals surface area contributed by atoms with E-state index in [1.165, 1.54) is 19.3 Å². The molecule has 0 aromatic rings. The molecule has 4 atom stereocenters. The van der Waals surface area contributed by atoms with Crippen LogP contribution < -0.4 is 0 Å². The minimum Gasteiger partial charge on any atom is -0.0599 e. The minimum atomic E-state index is 0.512.